The summed E-state index contributed by atoms with van der Waals surface area (Å²) >= 11 is 0. The minimum atomic E-state index is -4.62. The monoisotopic (exact) mass is 456 g/mol. The molecule has 0 saturated heterocycles. The molecule has 15 heteroatoms. The van der Waals surface area contributed by atoms with Crippen LogP contribution in [0, 0.1) is 0 Å². The zero-order valence-electron chi connectivity index (χ0n) is 16.3. The number of sulfonamides is 1. The van der Waals surface area contributed by atoms with E-state index in [2.05, 4.69) is 25.0 Å². The number of nitrogens with one attached hydrogen (secondary N) is 1. The molecule has 0 aliphatic carbocycles. The average Bonchev–Trinajstić information content (AvgIpc) is 3.40. The van der Waals surface area contributed by atoms with Gasteiger partial charge in [-0.05, 0) is 0 Å². The molecule has 4 aromatic rings. The Morgan fingerprint density at radius 2 is 1.84 bits per heavy atom. The molecule has 0 unspecified atom stereocenters. The van der Waals surface area contributed by atoms with Crippen molar-refractivity contribution in [1.29, 1.82) is 0 Å². The zero-order valence-corrected chi connectivity index (χ0v) is 17.1. The van der Waals surface area contributed by atoms with E-state index in [1.54, 1.807) is 7.05 Å². The van der Waals surface area contributed by atoms with Gasteiger partial charge in [0.05, 0.1) is 31.2 Å². The number of nitrogens with zero attached hydrogens (tertiary/aromatic N) is 7. The van der Waals surface area contributed by atoms with Gasteiger partial charge < -0.3 is 4.74 Å². The predicted molar refractivity (Wildman–Crippen MR) is 101 cm³/mol. The van der Waals surface area contributed by atoms with Gasteiger partial charge in [-0.1, -0.05) is 0 Å². The van der Waals surface area contributed by atoms with Crippen LogP contribution in [0.4, 0.5) is 18.9 Å². The first kappa shape index (κ1) is 20.6. The van der Waals surface area contributed by atoms with Gasteiger partial charge >= 0.3 is 6.18 Å². The van der Waals surface area contributed by atoms with E-state index in [0.29, 0.717) is 15.6 Å². The van der Waals surface area contributed by atoms with Crippen molar-refractivity contribution in [1.82, 2.24) is 34.3 Å². The number of methoxy groups -OCH3 is 1. The molecule has 0 atom stereocenters. The summed E-state index contributed by atoms with van der Waals surface area (Å²) in [4.78, 5) is 3.76. The lowest BCUT2D eigenvalue weighted by atomic mass is 10.3. The third-order valence-electron chi connectivity index (χ3n) is 4.43. The topological polar surface area (TPSA) is 122 Å². The highest BCUT2D eigenvalue weighted by Gasteiger charge is 2.35. The predicted octanol–water partition coefficient (Wildman–Crippen LogP) is 1.72. The molecule has 0 amide bonds. The Labute approximate surface area is 173 Å². The molecule has 164 valence electrons. The maximum absolute atomic E-state index is 13.0. The first-order valence-corrected chi connectivity index (χ1v) is 10.0. The number of rotatable bonds is 5. The summed E-state index contributed by atoms with van der Waals surface area (Å²) in [6.07, 6.45) is 0.420. The molecule has 11 nitrogen and oxygen atoms in total. The van der Waals surface area contributed by atoms with E-state index in [4.69, 9.17) is 4.74 Å². The number of alkyl halides is 3. The third-order valence-corrected chi connectivity index (χ3v) is 5.73. The fourth-order valence-corrected chi connectivity index (χ4v) is 3.98. The Kier molecular flexibility index (Phi) is 4.64. The highest BCUT2D eigenvalue weighted by molar-refractivity contribution is 7.92. The molecule has 4 heterocycles. The molecular weight excluding hydrogens is 441 g/mol. The fourth-order valence-electron chi connectivity index (χ4n) is 2.99. The third kappa shape index (κ3) is 3.56. The average molecular weight is 456 g/mol. The van der Waals surface area contributed by atoms with Crippen LogP contribution in [0.1, 0.15) is 5.69 Å². The van der Waals surface area contributed by atoms with E-state index in [9.17, 15) is 21.6 Å². The normalized spacial score (nSPS) is 12.5. The van der Waals surface area contributed by atoms with Crippen molar-refractivity contribution in [2.24, 2.45) is 14.1 Å². The van der Waals surface area contributed by atoms with Crippen LogP contribution < -0.4 is 9.46 Å². The van der Waals surface area contributed by atoms with E-state index < -0.39 is 21.9 Å². The van der Waals surface area contributed by atoms with Crippen molar-refractivity contribution in [2.75, 3.05) is 11.8 Å². The van der Waals surface area contributed by atoms with Gasteiger partial charge in [0.25, 0.3) is 10.0 Å². The number of hydrogen-bond donors (Lipinski definition) is 1. The number of anilines is 1. The van der Waals surface area contributed by atoms with Crippen LogP contribution in [0.25, 0.3) is 16.7 Å². The van der Waals surface area contributed by atoms with Gasteiger partial charge in [0.1, 0.15) is 16.3 Å². The van der Waals surface area contributed by atoms with Gasteiger partial charge in [-0.15, -0.1) is 0 Å². The van der Waals surface area contributed by atoms with Crippen molar-refractivity contribution in [2.45, 2.75) is 11.1 Å². The highest BCUT2D eigenvalue weighted by atomic mass is 32.2. The lowest BCUT2D eigenvalue weighted by molar-refractivity contribution is -0.143. The Balaban J connectivity index is 1.72. The van der Waals surface area contributed by atoms with Crippen LogP contribution in [0.15, 0.2) is 35.7 Å². The van der Waals surface area contributed by atoms with Crippen LogP contribution in [0.5, 0.6) is 5.88 Å². The Morgan fingerprint density at radius 1 is 1.10 bits per heavy atom. The summed E-state index contributed by atoms with van der Waals surface area (Å²) < 4.78 is 75.5. The smallest absolute Gasteiger partial charge is 0.433 e. The lowest BCUT2D eigenvalue weighted by Gasteiger charge is -2.11. The lowest BCUT2D eigenvalue weighted by Crippen LogP contribution is -2.14. The van der Waals surface area contributed by atoms with Crippen molar-refractivity contribution in [3.05, 3.63) is 36.5 Å². The maximum Gasteiger partial charge on any atom is 0.433 e. The summed E-state index contributed by atoms with van der Waals surface area (Å²) in [6, 6.07) is 0.764. The Morgan fingerprint density at radius 3 is 2.48 bits per heavy atom. The van der Waals surface area contributed by atoms with Crippen LogP contribution in [0.3, 0.4) is 0 Å². The molecule has 0 radical (unpaired) electrons. The molecule has 0 aliphatic rings. The number of ether oxygens (including phenoxy) is 1. The quantitative estimate of drug-likeness (QED) is 0.485. The summed E-state index contributed by atoms with van der Waals surface area (Å²) in [5.74, 6) is -0.170. The molecule has 4 aromatic heterocycles. The van der Waals surface area contributed by atoms with Crippen LogP contribution >= 0.6 is 0 Å². The summed E-state index contributed by atoms with van der Waals surface area (Å²) in [7, 11) is -0.119. The van der Waals surface area contributed by atoms with Crippen molar-refractivity contribution >= 4 is 26.6 Å². The van der Waals surface area contributed by atoms with Gasteiger partial charge in [-0.2, -0.15) is 28.5 Å². The summed E-state index contributed by atoms with van der Waals surface area (Å²) in [5, 5.41) is 12.2. The van der Waals surface area contributed by atoms with E-state index in [-0.39, 0.29) is 22.3 Å². The Bertz CT molecular complexity index is 1390. The number of pyridine rings is 1. The fraction of sp³-hybridized carbons (Fsp3) is 0.250. The van der Waals surface area contributed by atoms with Crippen molar-refractivity contribution < 1.29 is 26.3 Å². The van der Waals surface area contributed by atoms with Crippen LogP contribution in [-0.2, 0) is 30.3 Å². The van der Waals surface area contributed by atoms with Crippen LogP contribution in [0.2, 0.25) is 0 Å². The molecule has 0 saturated carbocycles. The molecule has 1 N–H and O–H groups in total. The van der Waals surface area contributed by atoms with Crippen LogP contribution in [-0.4, -0.2) is 49.9 Å². The van der Waals surface area contributed by atoms with Gasteiger partial charge in [-0.3, -0.25) is 14.1 Å². The van der Waals surface area contributed by atoms with Gasteiger partial charge in [0.2, 0.25) is 5.88 Å². The number of aryl methyl sites for hydroxylation is 2. The summed E-state index contributed by atoms with van der Waals surface area (Å²) in [6.45, 7) is 0. The Hall–Kier alpha value is -3.62. The van der Waals surface area contributed by atoms with Crippen molar-refractivity contribution in [3.8, 4) is 11.7 Å². The first-order valence-electron chi connectivity index (χ1n) is 8.55. The maximum atomic E-state index is 13.0. The second kappa shape index (κ2) is 6.97. The van der Waals surface area contributed by atoms with Gasteiger partial charge in [-0.25, -0.2) is 18.1 Å². The molecule has 0 aliphatic heterocycles. The number of aromatic nitrogens is 7. The molecule has 0 fully saturated rings. The number of fused-ring (bicyclic) bond motifs is 1. The highest BCUT2D eigenvalue weighted by Crippen LogP contribution is 2.33. The molecule has 4 rings (SSSR count). The molecule has 0 spiro atoms. The number of halogens is 3. The number of hydrogen-bond acceptors (Lipinski definition) is 7. The molecule has 0 bridgehead atoms. The molecule has 0 aromatic carbocycles. The van der Waals surface area contributed by atoms with E-state index in [0.717, 1.165) is 30.2 Å². The van der Waals surface area contributed by atoms with E-state index >= 15 is 0 Å². The standard InChI is InChI=1S/C16H15F3N8O3S/c1-25-11(16(17,18)19)4-12(23-25)27-8-10(7-22-27)31(28,29)24-13-14-9(6-21-26(14)2)5-20-15(13)30-3/h4-8,24H,1-3H3. The van der Waals surface area contributed by atoms with E-state index in [1.807, 2.05) is 0 Å². The molecule has 31 heavy (non-hydrogen) atoms. The minimum absolute atomic E-state index is 0.0200. The largest absolute Gasteiger partial charge is 0.479 e. The first-order chi connectivity index (χ1) is 14.5. The molecular formula is C16H15F3N8O3S. The zero-order chi connectivity index (χ0) is 22.6. The second-order valence-electron chi connectivity index (χ2n) is 6.45. The summed E-state index contributed by atoms with van der Waals surface area (Å²) in [5.41, 5.74) is -0.508. The van der Waals surface area contributed by atoms with Gasteiger partial charge in [0, 0.05) is 31.7 Å². The van der Waals surface area contributed by atoms with Crippen molar-refractivity contribution in [3.63, 3.8) is 0 Å². The minimum Gasteiger partial charge on any atom is -0.479 e. The second-order valence-corrected chi connectivity index (χ2v) is 8.13. The van der Waals surface area contributed by atoms with Gasteiger partial charge in [0.15, 0.2) is 5.82 Å². The SMILES string of the molecule is COc1ncc2cnn(C)c2c1NS(=O)(=O)c1cnn(-c2cc(C(F)(F)F)n(C)n2)c1. The van der Waals surface area contributed by atoms with E-state index in [1.165, 1.54) is 24.2 Å².